The Hall–Kier alpha value is -1.07. The van der Waals surface area contributed by atoms with Gasteiger partial charge in [-0.3, -0.25) is 9.89 Å². The molecule has 0 aliphatic carbocycles. The molecule has 1 aliphatic heterocycles. The van der Waals surface area contributed by atoms with Gasteiger partial charge in [0.1, 0.15) is 0 Å². The van der Waals surface area contributed by atoms with Crippen LogP contribution < -0.4 is 5.32 Å². The zero-order valence-corrected chi connectivity index (χ0v) is 14.3. The lowest BCUT2D eigenvalue weighted by atomic mass is 10.2. The van der Waals surface area contributed by atoms with Crippen LogP contribution in [0.15, 0.2) is 17.6 Å². The predicted molar refractivity (Wildman–Crippen MR) is 92.0 cm³/mol. The van der Waals surface area contributed by atoms with Gasteiger partial charge < -0.3 is 15.1 Å². The predicted octanol–water partition coefficient (Wildman–Crippen LogP) is 1.10. The molecule has 5 nitrogen and oxygen atoms in total. The van der Waals surface area contributed by atoms with Crippen molar-refractivity contribution in [1.82, 2.24) is 20.0 Å². The Morgan fingerprint density at radius 3 is 2.62 bits per heavy atom. The summed E-state index contributed by atoms with van der Waals surface area (Å²) in [6.07, 6.45) is 4.15. The summed E-state index contributed by atoms with van der Waals surface area (Å²) in [6, 6.07) is 0.539. The van der Waals surface area contributed by atoms with Crippen LogP contribution in [0.3, 0.4) is 0 Å². The first kappa shape index (κ1) is 18.0. The molecule has 21 heavy (non-hydrogen) atoms. The molecule has 0 bridgehead atoms. The number of unbranched alkanes of at least 4 members (excludes halogenated alkanes) is 1. The smallest absolute Gasteiger partial charge is 0.193 e. The van der Waals surface area contributed by atoms with Crippen LogP contribution in [0.25, 0.3) is 0 Å². The second kappa shape index (κ2) is 9.79. The number of aliphatic imine (C=N–C) groups is 1. The topological polar surface area (TPSA) is 34.1 Å². The normalized spacial score (nSPS) is 19.3. The van der Waals surface area contributed by atoms with E-state index in [4.69, 9.17) is 0 Å². The minimum Gasteiger partial charge on any atom is -0.355 e. The van der Waals surface area contributed by atoms with E-state index < -0.39 is 0 Å². The van der Waals surface area contributed by atoms with Gasteiger partial charge in [-0.25, -0.2) is 0 Å². The third-order valence-corrected chi connectivity index (χ3v) is 4.19. The van der Waals surface area contributed by atoms with Crippen molar-refractivity contribution in [2.24, 2.45) is 4.99 Å². The number of piperazine rings is 1. The number of hydrogen-bond acceptors (Lipinski definition) is 3. The number of guanidine groups is 1. The number of nitrogens with zero attached hydrogens (tertiary/aromatic N) is 4. The number of rotatable bonds is 7. The van der Waals surface area contributed by atoms with Gasteiger partial charge >= 0.3 is 0 Å². The quantitative estimate of drug-likeness (QED) is 0.330. The maximum Gasteiger partial charge on any atom is 0.193 e. The lowest BCUT2D eigenvalue weighted by Gasteiger charge is -2.37. The summed E-state index contributed by atoms with van der Waals surface area (Å²) < 4.78 is 0. The van der Waals surface area contributed by atoms with E-state index in [0.29, 0.717) is 6.04 Å². The van der Waals surface area contributed by atoms with Crippen LogP contribution >= 0.6 is 0 Å². The minimum absolute atomic E-state index is 0.539. The summed E-state index contributed by atoms with van der Waals surface area (Å²) in [6.45, 7) is 12.7. The fraction of sp³-hybridized carbons (Fsp3) is 0.812. The summed E-state index contributed by atoms with van der Waals surface area (Å²) in [4.78, 5) is 11.5. The van der Waals surface area contributed by atoms with Crippen molar-refractivity contribution in [3.63, 3.8) is 0 Å². The Labute approximate surface area is 130 Å². The lowest BCUT2D eigenvalue weighted by Crippen LogP contribution is -2.52. The van der Waals surface area contributed by atoms with E-state index in [0.717, 1.165) is 45.0 Å². The molecular weight excluding hydrogens is 262 g/mol. The molecule has 1 saturated heterocycles. The molecule has 0 aromatic rings. The first-order chi connectivity index (χ1) is 10.1. The fourth-order valence-corrected chi connectivity index (χ4v) is 2.59. The lowest BCUT2D eigenvalue weighted by molar-refractivity contribution is 0.119. The van der Waals surface area contributed by atoms with E-state index >= 15 is 0 Å². The van der Waals surface area contributed by atoms with Gasteiger partial charge in [-0.15, -0.1) is 6.58 Å². The Morgan fingerprint density at radius 1 is 1.38 bits per heavy atom. The standard InChI is InChI=1S/C16H33N5/c1-6-7-8-9-20(5)16(17-3)18-14-15(2)21-12-10-19(4)11-13-21/h6,15H,1,7-14H2,2-5H3,(H,17,18). The maximum atomic E-state index is 4.37. The second-order valence-electron chi connectivity index (χ2n) is 5.97. The maximum absolute atomic E-state index is 4.37. The second-order valence-corrected chi connectivity index (χ2v) is 5.97. The van der Waals surface area contributed by atoms with Crippen molar-refractivity contribution in [3.05, 3.63) is 12.7 Å². The van der Waals surface area contributed by atoms with Crippen LogP contribution in [0.4, 0.5) is 0 Å². The van der Waals surface area contributed by atoms with Gasteiger partial charge in [-0.2, -0.15) is 0 Å². The van der Waals surface area contributed by atoms with Gasteiger partial charge in [0.15, 0.2) is 5.96 Å². The highest BCUT2D eigenvalue weighted by Gasteiger charge is 2.19. The molecule has 0 aromatic heterocycles. The molecule has 0 aromatic carbocycles. The van der Waals surface area contributed by atoms with E-state index in [2.05, 4.69) is 52.6 Å². The van der Waals surface area contributed by atoms with E-state index in [-0.39, 0.29) is 0 Å². The van der Waals surface area contributed by atoms with Gasteiger partial charge in [0.25, 0.3) is 0 Å². The van der Waals surface area contributed by atoms with E-state index in [9.17, 15) is 0 Å². The van der Waals surface area contributed by atoms with Crippen LogP contribution in [0, 0.1) is 0 Å². The summed E-state index contributed by atoms with van der Waals surface area (Å²) >= 11 is 0. The number of hydrogen-bond donors (Lipinski definition) is 1. The monoisotopic (exact) mass is 295 g/mol. The molecule has 5 heteroatoms. The van der Waals surface area contributed by atoms with Gasteiger partial charge in [0, 0.05) is 59.4 Å². The van der Waals surface area contributed by atoms with Crippen LogP contribution in [0.1, 0.15) is 19.8 Å². The highest BCUT2D eigenvalue weighted by atomic mass is 15.3. The molecular formula is C16H33N5. The molecule has 122 valence electrons. The molecule has 1 aliphatic rings. The zero-order valence-electron chi connectivity index (χ0n) is 14.3. The average Bonchev–Trinajstić information content (AvgIpc) is 2.48. The van der Waals surface area contributed by atoms with Gasteiger partial charge in [-0.1, -0.05) is 6.08 Å². The third-order valence-electron chi connectivity index (χ3n) is 4.19. The van der Waals surface area contributed by atoms with Crippen molar-refractivity contribution in [2.45, 2.75) is 25.8 Å². The summed E-state index contributed by atoms with van der Waals surface area (Å²) in [5.74, 6) is 0.986. The van der Waals surface area contributed by atoms with E-state index in [1.165, 1.54) is 13.1 Å². The Bertz CT molecular complexity index is 321. The van der Waals surface area contributed by atoms with Gasteiger partial charge in [0.2, 0.25) is 0 Å². The van der Waals surface area contributed by atoms with Crippen LogP contribution in [0.5, 0.6) is 0 Å². The number of likely N-dealkylation sites (N-methyl/N-ethyl adjacent to an activating group) is 1. The van der Waals surface area contributed by atoms with E-state index in [1.54, 1.807) is 0 Å². The highest BCUT2D eigenvalue weighted by Crippen LogP contribution is 2.04. The molecule has 1 heterocycles. The molecule has 0 saturated carbocycles. The van der Waals surface area contributed by atoms with Crippen molar-refractivity contribution < 1.29 is 0 Å². The SMILES string of the molecule is C=CCCCN(C)C(=NC)NCC(C)N1CCN(C)CC1. The Kier molecular flexibility index (Phi) is 8.38. The van der Waals surface area contributed by atoms with Crippen molar-refractivity contribution in [3.8, 4) is 0 Å². The number of allylic oxidation sites excluding steroid dienone is 1. The fourth-order valence-electron chi connectivity index (χ4n) is 2.59. The van der Waals surface area contributed by atoms with Crippen LogP contribution in [-0.4, -0.2) is 87.1 Å². The molecule has 0 spiro atoms. The summed E-state index contributed by atoms with van der Waals surface area (Å²) in [7, 11) is 6.14. The number of nitrogens with one attached hydrogen (secondary N) is 1. The first-order valence-electron chi connectivity index (χ1n) is 8.03. The Balaban J connectivity index is 2.31. The van der Waals surface area contributed by atoms with Crippen molar-refractivity contribution >= 4 is 5.96 Å². The minimum atomic E-state index is 0.539. The van der Waals surface area contributed by atoms with E-state index in [1.807, 2.05) is 13.1 Å². The van der Waals surface area contributed by atoms with Crippen LogP contribution in [0.2, 0.25) is 0 Å². The van der Waals surface area contributed by atoms with Crippen molar-refractivity contribution in [2.75, 3.05) is 60.4 Å². The van der Waals surface area contributed by atoms with Crippen molar-refractivity contribution in [1.29, 1.82) is 0 Å². The Morgan fingerprint density at radius 2 is 2.05 bits per heavy atom. The molecule has 0 radical (unpaired) electrons. The molecule has 1 unspecified atom stereocenters. The average molecular weight is 295 g/mol. The zero-order chi connectivity index (χ0) is 15.7. The molecule has 1 fully saturated rings. The summed E-state index contributed by atoms with van der Waals surface area (Å²) in [5.41, 5.74) is 0. The third kappa shape index (κ3) is 6.48. The largest absolute Gasteiger partial charge is 0.355 e. The first-order valence-corrected chi connectivity index (χ1v) is 8.03. The van der Waals surface area contributed by atoms with Gasteiger partial charge in [0.05, 0.1) is 0 Å². The summed E-state index contributed by atoms with van der Waals surface area (Å²) in [5, 5.41) is 3.50. The molecule has 1 rings (SSSR count). The van der Waals surface area contributed by atoms with Crippen LogP contribution in [-0.2, 0) is 0 Å². The van der Waals surface area contributed by atoms with Gasteiger partial charge in [-0.05, 0) is 26.8 Å². The highest BCUT2D eigenvalue weighted by molar-refractivity contribution is 5.79. The molecule has 1 N–H and O–H groups in total. The molecule has 1 atom stereocenters. The molecule has 0 amide bonds.